The highest BCUT2D eigenvalue weighted by Crippen LogP contribution is 2.22. The molecule has 1 atom stereocenters. The number of benzene rings is 1. The summed E-state index contributed by atoms with van der Waals surface area (Å²) in [6.45, 7) is 2.79. The van der Waals surface area contributed by atoms with Gasteiger partial charge in [0.15, 0.2) is 5.82 Å². The Morgan fingerprint density at radius 1 is 1.45 bits per heavy atom. The number of aryl methyl sites for hydroxylation is 1. The van der Waals surface area contributed by atoms with E-state index in [-0.39, 0.29) is 11.9 Å². The molecule has 0 spiro atoms. The van der Waals surface area contributed by atoms with Gasteiger partial charge >= 0.3 is 0 Å². The molecule has 22 heavy (non-hydrogen) atoms. The van der Waals surface area contributed by atoms with Gasteiger partial charge in [0.25, 0.3) is 0 Å². The molecule has 2 aromatic rings. The molecule has 1 fully saturated rings. The first kappa shape index (κ1) is 15.5. The summed E-state index contributed by atoms with van der Waals surface area (Å²) in [6.07, 6.45) is 0.635. The predicted octanol–water partition coefficient (Wildman–Crippen LogP) is 2.12. The molecule has 3 rings (SSSR count). The second kappa shape index (κ2) is 7.21. The fourth-order valence-electron chi connectivity index (χ4n) is 2.41. The third-order valence-electron chi connectivity index (χ3n) is 3.70. The van der Waals surface area contributed by atoms with Gasteiger partial charge < -0.3 is 9.84 Å². The van der Waals surface area contributed by atoms with Crippen molar-refractivity contribution in [3.63, 3.8) is 0 Å². The van der Waals surface area contributed by atoms with Crippen molar-refractivity contribution < 1.29 is 8.91 Å². The number of hydrogen-bond donors (Lipinski definition) is 1. The van der Waals surface area contributed by atoms with Crippen molar-refractivity contribution in [1.82, 2.24) is 20.4 Å². The molecule has 0 bridgehead atoms. The van der Waals surface area contributed by atoms with Gasteiger partial charge in [-0.2, -0.15) is 4.98 Å². The number of aromatic nitrogens is 2. The average molecular weight is 322 g/mol. The van der Waals surface area contributed by atoms with Gasteiger partial charge in [0.1, 0.15) is 5.82 Å². The third-order valence-corrected chi connectivity index (χ3v) is 4.75. The van der Waals surface area contributed by atoms with Crippen LogP contribution in [0.5, 0.6) is 0 Å². The van der Waals surface area contributed by atoms with E-state index in [1.807, 2.05) is 6.07 Å². The fourth-order valence-corrected chi connectivity index (χ4v) is 3.29. The molecule has 5 nitrogen and oxygen atoms in total. The van der Waals surface area contributed by atoms with Crippen molar-refractivity contribution in [2.24, 2.45) is 0 Å². The van der Waals surface area contributed by atoms with Gasteiger partial charge in [0.05, 0.1) is 6.04 Å². The average Bonchev–Trinajstić information content (AvgIpc) is 2.98. The summed E-state index contributed by atoms with van der Waals surface area (Å²) in [5.74, 6) is 1.86. The Hall–Kier alpha value is -1.44. The number of thioether (sulfide) groups is 1. The monoisotopic (exact) mass is 322 g/mol. The lowest BCUT2D eigenvalue weighted by Crippen LogP contribution is -2.44. The van der Waals surface area contributed by atoms with E-state index < -0.39 is 0 Å². The van der Waals surface area contributed by atoms with Crippen molar-refractivity contribution in [3.8, 4) is 0 Å². The Balaban J connectivity index is 1.55. The molecule has 7 heteroatoms. The van der Waals surface area contributed by atoms with E-state index in [4.69, 9.17) is 4.52 Å². The van der Waals surface area contributed by atoms with E-state index in [0.717, 1.165) is 25.5 Å². The van der Waals surface area contributed by atoms with Gasteiger partial charge in [-0.15, -0.1) is 11.8 Å². The summed E-state index contributed by atoms with van der Waals surface area (Å²) in [4.78, 5) is 7.34. The van der Waals surface area contributed by atoms with Gasteiger partial charge in [-0.25, -0.2) is 4.39 Å². The maximum atomic E-state index is 13.5. The van der Waals surface area contributed by atoms with E-state index >= 15 is 0 Å². The van der Waals surface area contributed by atoms with Crippen LogP contribution in [0.25, 0.3) is 0 Å². The quantitative estimate of drug-likeness (QED) is 0.851. The van der Waals surface area contributed by atoms with E-state index in [0.29, 0.717) is 23.0 Å². The van der Waals surface area contributed by atoms with Crippen molar-refractivity contribution >= 4 is 11.8 Å². The van der Waals surface area contributed by atoms with Crippen LogP contribution in [0.4, 0.5) is 4.39 Å². The molecule has 118 valence electrons. The molecule has 0 saturated carbocycles. The maximum absolute atomic E-state index is 13.5. The highest BCUT2D eigenvalue weighted by molar-refractivity contribution is 7.99. The number of rotatable bonds is 5. The van der Waals surface area contributed by atoms with Crippen LogP contribution < -0.4 is 5.32 Å². The molecular weight excluding hydrogens is 303 g/mol. The Bertz CT molecular complexity index is 621. The standard InChI is InChI=1S/C15H19FN4OS/c1-20-8-7-17-10-12(20)15-18-14(21-19-15)6-9-22-13-5-3-2-4-11(13)16/h2-5,12,17H,6-10H2,1H3. The number of nitrogens with zero attached hydrogens (tertiary/aromatic N) is 3. The highest BCUT2D eigenvalue weighted by Gasteiger charge is 2.25. The topological polar surface area (TPSA) is 54.2 Å². The summed E-state index contributed by atoms with van der Waals surface area (Å²) >= 11 is 1.46. The molecule has 0 radical (unpaired) electrons. The number of piperazine rings is 1. The fraction of sp³-hybridized carbons (Fsp3) is 0.467. The SMILES string of the molecule is CN1CCNCC1c1noc(CCSc2ccccc2F)n1. The predicted molar refractivity (Wildman–Crippen MR) is 83.4 cm³/mol. The van der Waals surface area contributed by atoms with Crippen LogP contribution in [-0.2, 0) is 6.42 Å². The van der Waals surface area contributed by atoms with E-state index in [2.05, 4.69) is 27.4 Å². The van der Waals surface area contributed by atoms with Gasteiger partial charge in [-0.05, 0) is 19.2 Å². The van der Waals surface area contributed by atoms with Crippen molar-refractivity contribution in [1.29, 1.82) is 0 Å². The molecule has 1 N–H and O–H groups in total. The molecule has 0 aliphatic carbocycles. The van der Waals surface area contributed by atoms with E-state index in [9.17, 15) is 4.39 Å². The minimum Gasteiger partial charge on any atom is -0.339 e. The first-order valence-corrected chi connectivity index (χ1v) is 8.33. The van der Waals surface area contributed by atoms with E-state index in [1.165, 1.54) is 17.8 Å². The Kier molecular flexibility index (Phi) is 5.07. The first-order chi connectivity index (χ1) is 10.7. The molecule has 1 aromatic heterocycles. The van der Waals surface area contributed by atoms with E-state index in [1.54, 1.807) is 12.1 Å². The van der Waals surface area contributed by atoms with Crippen LogP contribution in [0.1, 0.15) is 17.8 Å². The molecule has 1 aliphatic rings. The Morgan fingerprint density at radius 3 is 3.14 bits per heavy atom. The normalized spacial score (nSPS) is 19.5. The summed E-state index contributed by atoms with van der Waals surface area (Å²) in [6, 6.07) is 6.94. The summed E-state index contributed by atoms with van der Waals surface area (Å²) < 4.78 is 18.8. The number of nitrogens with one attached hydrogen (secondary N) is 1. The van der Waals surface area contributed by atoms with Crippen molar-refractivity contribution in [2.75, 3.05) is 32.4 Å². The summed E-state index contributed by atoms with van der Waals surface area (Å²) in [5, 5.41) is 7.42. The minimum atomic E-state index is -0.186. The second-order valence-electron chi connectivity index (χ2n) is 5.28. The number of halogens is 1. The molecule has 1 aromatic carbocycles. The van der Waals surface area contributed by atoms with Crippen LogP contribution >= 0.6 is 11.8 Å². The van der Waals surface area contributed by atoms with Crippen molar-refractivity contribution in [2.45, 2.75) is 17.4 Å². The van der Waals surface area contributed by atoms with Crippen LogP contribution in [-0.4, -0.2) is 47.5 Å². The minimum absolute atomic E-state index is 0.158. The molecule has 1 saturated heterocycles. The van der Waals surface area contributed by atoms with Crippen molar-refractivity contribution in [3.05, 3.63) is 41.8 Å². The lowest BCUT2D eigenvalue weighted by molar-refractivity contribution is 0.190. The lowest BCUT2D eigenvalue weighted by Gasteiger charge is -2.30. The number of hydrogen-bond acceptors (Lipinski definition) is 6. The van der Waals surface area contributed by atoms with Crippen LogP contribution in [0.2, 0.25) is 0 Å². The molecule has 1 unspecified atom stereocenters. The molecule has 2 heterocycles. The second-order valence-corrected chi connectivity index (χ2v) is 6.41. The summed E-state index contributed by atoms with van der Waals surface area (Å²) in [7, 11) is 2.07. The molecular formula is C15H19FN4OS. The Morgan fingerprint density at radius 2 is 2.32 bits per heavy atom. The van der Waals surface area contributed by atoms with Crippen LogP contribution in [0.3, 0.4) is 0 Å². The van der Waals surface area contributed by atoms with Gasteiger partial charge in [-0.3, -0.25) is 4.90 Å². The largest absolute Gasteiger partial charge is 0.339 e. The maximum Gasteiger partial charge on any atom is 0.227 e. The van der Waals surface area contributed by atoms with Crippen LogP contribution in [0, 0.1) is 5.82 Å². The smallest absolute Gasteiger partial charge is 0.227 e. The van der Waals surface area contributed by atoms with Gasteiger partial charge in [0, 0.05) is 36.7 Å². The van der Waals surface area contributed by atoms with Gasteiger partial charge in [-0.1, -0.05) is 17.3 Å². The lowest BCUT2D eigenvalue weighted by atomic mass is 10.2. The third kappa shape index (κ3) is 3.66. The van der Waals surface area contributed by atoms with Crippen LogP contribution in [0.15, 0.2) is 33.7 Å². The number of likely N-dealkylation sites (N-methyl/N-ethyl adjacent to an activating group) is 1. The molecule has 0 amide bonds. The zero-order valence-corrected chi connectivity index (χ0v) is 13.3. The highest BCUT2D eigenvalue weighted by atomic mass is 32.2. The molecule has 1 aliphatic heterocycles. The summed E-state index contributed by atoms with van der Waals surface area (Å²) in [5.41, 5.74) is 0. The van der Waals surface area contributed by atoms with Gasteiger partial charge in [0.2, 0.25) is 5.89 Å². The first-order valence-electron chi connectivity index (χ1n) is 7.35. The zero-order valence-electron chi connectivity index (χ0n) is 12.5. The zero-order chi connectivity index (χ0) is 15.4. The Labute approximate surface area is 133 Å².